The second-order valence-corrected chi connectivity index (χ2v) is 6.00. The number of hydrogen-bond acceptors (Lipinski definition) is 1. The first-order valence-corrected chi connectivity index (χ1v) is 7.13. The molecule has 1 unspecified atom stereocenters. The molecular formula is C12H21BrO. The summed E-state index contributed by atoms with van der Waals surface area (Å²) in [5, 5.41) is 11.2. The lowest BCUT2D eigenvalue weighted by molar-refractivity contribution is -0.0493. The van der Waals surface area contributed by atoms with E-state index in [4.69, 9.17) is 0 Å². The van der Waals surface area contributed by atoms with Crippen LogP contribution >= 0.6 is 15.9 Å². The molecule has 2 rings (SSSR count). The Morgan fingerprint density at radius 1 is 1.36 bits per heavy atom. The van der Waals surface area contributed by atoms with Crippen LogP contribution in [-0.4, -0.2) is 16.5 Å². The third-order valence-corrected chi connectivity index (χ3v) is 4.62. The summed E-state index contributed by atoms with van der Waals surface area (Å²) in [4.78, 5) is 0. The number of aliphatic hydroxyl groups is 1. The lowest BCUT2D eigenvalue weighted by Crippen LogP contribution is -2.41. The molecular weight excluding hydrogens is 240 g/mol. The molecule has 0 aromatic heterocycles. The lowest BCUT2D eigenvalue weighted by Gasteiger charge is -2.46. The summed E-state index contributed by atoms with van der Waals surface area (Å²) in [7, 11) is 0. The Bertz CT molecular complexity index is 185. The Labute approximate surface area is 95.4 Å². The van der Waals surface area contributed by atoms with Crippen LogP contribution in [0.25, 0.3) is 0 Å². The van der Waals surface area contributed by atoms with Gasteiger partial charge >= 0.3 is 0 Å². The monoisotopic (exact) mass is 260 g/mol. The van der Waals surface area contributed by atoms with Gasteiger partial charge in [-0.25, -0.2) is 0 Å². The maximum absolute atomic E-state index is 10.2. The molecule has 14 heavy (non-hydrogen) atoms. The van der Waals surface area contributed by atoms with Gasteiger partial charge in [0.2, 0.25) is 0 Å². The van der Waals surface area contributed by atoms with Crippen molar-refractivity contribution >= 4 is 15.9 Å². The first-order valence-electron chi connectivity index (χ1n) is 6.01. The van der Waals surface area contributed by atoms with E-state index in [2.05, 4.69) is 15.9 Å². The smallest absolute Gasteiger partial charge is 0.0596 e. The molecule has 0 radical (unpaired) electrons. The van der Waals surface area contributed by atoms with E-state index in [1.165, 1.54) is 38.5 Å². The van der Waals surface area contributed by atoms with E-state index in [1.807, 2.05) is 0 Å². The molecule has 1 nitrogen and oxygen atoms in total. The summed E-state index contributed by atoms with van der Waals surface area (Å²) in [6.45, 7) is 0. The maximum atomic E-state index is 10.2. The van der Waals surface area contributed by atoms with Crippen molar-refractivity contribution in [1.82, 2.24) is 0 Å². The van der Waals surface area contributed by atoms with Crippen LogP contribution in [0.3, 0.4) is 0 Å². The van der Waals surface area contributed by atoms with Crippen molar-refractivity contribution in [3.05, 3.63) is 0 Å². The van der Waals surface area contributed by atoms with Gasteiger partial charge in [-0.05, 0) is 43.4 Å². The molecule has 0 aliphatic heterocycles. The molecule has 82 valence electrons. The predicted octanol–water partition coefficient (Wildman–Crippen LogP) is 3.49. The van der Waals surface area contributed by atoms with Gasteiger partial charge in [0.1, 0.15) is 0 Å². The highest BCUT2D eigenvalue weighted by Gasteiger charge is 2.45. The highest BCUT2D eigenvalue weighted by Crippen LogP contribution is 2.53. The Kier molecular flexibility index (Phi) is 3.54. The standard InChI is InChI=1S/C12H21BrO/c13-8-1-3-11(14)12(6-2-7-12)9-10-4-5-10/h10-11,14H,1-9H2. The summed E-state index contributed by atoms with van der Waals surface area (Å²) < 4.78 is 0. The molecule has 0 amide bonds. The minimum atomic E-state index is -0.0191. The number of aliphatic hydroxyl groups excluding tert-OH is 1. The first-order chi connectivity index (χ1) is 6.77. The molecule has 0 aromatic carbocycles. The predicted molar refractivity (Wildman–Crippen MR) is 62.7 cm³/mol. The minimum absolute atomic E-state index is 0.0191. The van der Waals surface area contributed by atoms with E-state index in [0.717, 1.165) is 24.1 Å². The van der Waals surface area contributed by atoms with Crippen molar-refractivity contribution in [1.29, 1.82) is 0 Å². The summed E-state index contributed by atoms with van der Waals surface area (Å²) in [6, 6.07) is 0. The van der Waals surface area contributed by atoms with Crippen molar-refractivity contribution in [2.45, 2.75) is 57.5 Å². The molecule has 2 heteroatoms. The van der Waals surface area contributed by atoms with Gasteiger partial charge in [0.15, 0.2) is 0 Å². The Hall–Kier alpha value is 0.440. The molecule has 2 fully saturated rings. The van der Waals surface area contributed by atoms with Crippen LogP contribution < -0.4 is 0 Å². The molecule has 2 saturated carbocycles. The Balaban J connectivity index is 1.82. The number of halogens is 1. The fraction of sp³-hybridized carbons (Fsp3) is 1.00. The second kappa shape index (κ2) is 4.52. The van der Waals surface area contributed by atoms with Crippen molar-refractivity contribution in [2.24, 2.45) is 11.3 Å². The first kappa shape index (κ1) is 10.9. The average Bonchev–Trinajstić information content (AvgIpc) is 2.91. The fourth-order valence-electron chi connectivity index (χ4n) is 2.78. The zero-order chi connectivity index (χ0) is 10.0. The molecule has 0 heterocycles. The van der Waals surface area contributed by atoms with Crippen LogP contribution in [0.5, 0.6) is 0 Å². The van der Waals surface area contributed by atoms with E-state index in [1.54, 1.807) is 0 Å². The van der Waals surface area contributed by atoms with Crippen molar-refractivity contribution < 1.29 is 5.11 Å². The SMILES string of the molecule is OC(CCCBr)C1(CC2CC2)CCC1. The van der Waals surface area contributed by atoms with Crippen molar-refractivity contribution in [3.63, 3.8) is 0 Å². The van der Waals surface area contributed by atoms with E-state index >= 15 is 0 Å². The van der Waals surface area contributed by atoms with Gasteiger partial charge in [0, 0.05) is 5.33 Å². The summed E-state index contributed by atoms with van der Waals surface area (Å²) >= 11 is 3.44. The molecule has 2 aliphatic carbocycles. The molecule has 1 N–H and O–H groups in total. The van der Waals surface area contributed by atoms with Crippen molar-refractivity contribution in [3.8, 4) is 0 Å². The molecule has 2 aliphatic rings. The van der Waals surface area contributed by atoms with Crippen LogP contribution in [-0.2, 0) is 0 Å². The Morgan fingerprint density at radius 2 is 2.07 bits per heavy atom. The fourth-order valence-corrected chi connectivity index (χ4v) is 3.10. The molecule has 0 spiro atoms. The number of alkyl halides is 1. The van der Waals surface area contributed by atoms with E-state index in [-0.39, 0.29) is 6.10 Å². The van der Waals surface area contributed by atoms with Gasteiger partial charge in [-0.2, -0.15) is 0 Å². The van der Waals surface area contributed by atoms with Crippen LogP contribution in [0.15, 0.2) is 0 Å². The normalized spacial score (nSPS) is 27.0. The molecule has 0 saturated heterocycles. The number of hydrogen-bond donors (Lipinski definition) is 1. The molecule has 0 aromatic rings. The third-order valence-electron chi connectivity index (χ3n) is 4.06. The van der Waals surface area contributed by atoms with Gasteiger partial charge in [0.25, 0.3) is 0 Å². The van der Waals surface area contributed by atoms with Crippen molar-refractivity contribution in [2.75, 3.05) is 5.33 Å². The zero-order valence-electron chi connectivity index (χ0n) is 8.84. The van der Waals surface area contributed by atoms with Crippen LogP contribution in [0.2, 0.25) is 0 Å². The molecule has 0 bridgehead atoms. The highest BCUT2D eigenvalue weighted by molar-refractivity contribution is 9.09. The zero-order valence-corrected chi connectivity index (χ0v) is 10.4. The summed E-state index contributed by atoms with van der Waals surface area (Å²) in [5.41, 5.74) is 0.351. The van der Waals surface area contributed by atoms with Gasteiger partial charge in [-0.1, -0.05) is 35.2 Å². The summed E-state index contributed by atoms with van der Waals surface area (Å²) in [6.07, 6.45) is 10.2. The molecule has 1 atom stereocenters. The van der Waals surface area contributed by atoms with E-state index in [0.29, 0.717) is 5.41 Å². The van der Waals surface area contributed by atoms with Gasteiger partial charge in [-0.15, -0.1) is 0 Å². The van der Waals surface area contributed by atoms with Crippen LogP contribution in [0.4, 0.5) is 0 Å². The van der Waals surface area contributed by atoms with Crippen LogP contribution in [0.1, 0.15) is 51.4 Å². The van der Waals surface area contributed by atoms with E-state index < -0.39 is 0 Å². The second-order valence-electron chi connectivity index (χ2n) is 5.21. The van der Waals surface area contributed by atoms with Gasteiger partial charge in [-0.3, -0.25) is 0 Å². The minimum Gasteiger partial charge on any atom is -0.393 e. The lowest BCUT2D eigenvalue weighted by atomic mass is 9.61. The highest BCUT2D eigenvalue weighted by atomic mass is 79.9. The average molecular weight is 261 g/mol. The number of rotatable bonds is 6. The summed E-state index contributed by atoms with van der Waals surface area (Å²) in [5.74, 6) is 0.967. The maximum Gasteiger partial charge on any atom is 0.0596 e. The third kappa shape index (κ3) is 2.33. The van der Waals surface area contributed by atoms with Gasteiger partial charge in [0.05, 0.1) is 6.10 Å². The quantitative estimate of drug-likeness (QED) is 0.725. The topological polar surface area (TPSA) is 20.2 Å². The Morgan fingerprint density at radius 3 is 2.50 bits per heavy atom. The van der Waals surface area contributed by atoms with E-state index in [9.17, 15) is 5.11 Å². The van der Waals surface area contributed by atoms with Gasteiger partial charge < -0.3 is 5.11 Å². The van der Waals surface area contributed by atoms with Crippen LogP contribution in [0, 0.1) is 11.3 Å². The largest absolute Gasteiger partial charge is 0.393 e.